The number of anilines is 1. The normalized spacial score (nSPS) is 13.3. The van der Waals surface area contributed by atoms with Gasteiger partial charge in [-0.1, -0.05) is 39.0 Å². The Balaban J connectivity index is 3.07. The molecule has 1 unspecified atom stereocenters. The van der Waals surface area contributed by atoms with E-state index in [1.165, 1.54) is 0 Å². The number of aliphatic hydroxyl groups is 1. The maximum atomic E-state index is 9.53. The van der Waals surface area contributed by atoms with E-state index < -0.39 is 0 Å². The van der Waals surface area contributed by atoms with Gasteiger partial charge in [-0.3, -0.25) is 0 Å². The predicted molar refractivity (Wildman–Crippen MR) is 84.1 cm³/mol. The van der Waals surface area contributed by atoms with E-state index in [9.17, 15) is 5.11 Å². The van der Waals surface area contributed by atoms with Gasteiger partial charge in [0.05, 0.1) is 17.2 Å². The number of rotatable bonds is 7. The highest BCUT2D eigenvalue weighted by Gasteiger charge is 2.21. The van der Waals surface area contributed by atoms with Crippen LogP contribution in [0.2, 0.25) is 0 Å². The second kappa shape index (κ2) is 7.25. The standard InChI is InChI=1S/C15H28N2OS/c1-7-12(6)14-13(9-18)19-15(16-14)17(11(4)5)8-10(2)3/h10-12,18H,7-9H2,1-6H3. The lowest BCUT2D eigenvalue weighted by atomic mass is 10.0. The molecule has 0 aliphatic heterocycles. The summed E-state index contributed by atoms with van der Waals surface area (Å²) in [5, 5.41) is 10.6. The minimum absolute atomic E-state index is 0.102. The summed E-state index contributed by atoms with van der Waals surface area (Å²) in [7, 11) is 0. The first kappa shape index (κ1) is 16.4. The van der Waals surface area contributed by atoms with E-state index in [0.29, 0.717) is 17.9 Å². The Bertz CT molecular complexity index is 387. The molecule has 1 heterocycles. The predicted octanol–water partition coefficient (Wildman–Crippen LogP) is 4.02. The molecule has 0 saturated heterocycles. The monoisotopic (exact) mass is 284 g/mol. The third kappa shape index (κ3) is 4.18. The Morgan fingerprint density at radius 2 is 1.84 bits per heavy atom. The molecule has 19 heavy (non-hydrogen) atoms. The lowest BCUT2D eigenvalue weighted by molar-refractivity contribution is 0.283. The van der Waals surface area contributed by atoms with Crippen molar-refractivity contribution in [2.24, 2.45) is 5.92 Å². The summed E-state index contributed by atoms with van der Waals surface area (Å²) >= 11 is 1.65. The molecular weight excluding hydrogens is 256 g/mol. The fraction of sp³-hybridized carbons (Fsp3) is 0.800. The summed E-state index contributed by atoms with van der Waals surface area (Å²) in [5.74, 6) is 1.02. The summed E-state index contributed by atoms with van der Waals surface area (Å²) < 4.78 is 0. The third-order valence-corrected chi connectivity index (χ3v) is 4.46. The van der Waals surface area contributed by atoms with Crippen molar-refractivity contribution >= 4 is 16.5 Å². The summed E-state index contributed by atoms with van der Waals surface area (Å²) in [6.07, 6.45) is 1.06. The molecule has 0 amide bonds. The number of aromatic nitrogens is 1. The summed E-state index contributed by atoms with van der Waals surface area (Å²) in [6, 6.07) is 0.435. The molecule has 1 N–H and O–H groups in total. The summed E-state index contributed by atoms with van der Waals surface area (Å²) in [6.45, 7) is 14.3. The van der Waals surface area contributed by atoms with Crippen molar-refractivity contribution < 1.29 is 5.11 Å². The Morgan fingerprint density at radius 3 is 2.26 bits per heavy atom. The van der Waals surface area contributed by atoms with E-state index in [2.05, 4.69) is 46.4 Å². The molecule has 1 rings (SSSR count). The maximum absolute atomic E-state index is 9.53. The molecule has 0 aromatic carbocycles. The molecule has 0 aliphatic rings. The molecule has 1 aromatic heterocycles. The van der Waals surface area contributed by atoms with Crippen molar-refractivity contribution in [2.75, 3.05) is 11.4 Å². The van der Waals surface area contributed by atoms with Gasteiger partial charge in [0.1, 0.15) is 0 Å². The third-order valence-electron chi connectivity index (χ3n) is 3.37. The van der Waals surface area contributed by atoms with E-state index >= 15 is 0 Å². The molecular formula is C15H28N2OS. The van der Waals surface area contributed by atoms with Crippen LogP contribution in [0.25, 0.3) is 0 Å². The average molecular weight is 284 g/mol. The first-order valence-corrected chi connectivity index (χ1v) is 8.09. The molecule has 0 fully saturated rings. The molecule has 0 aliphatic carbocycles. The lowest BCUT2D eigenvalue weighted by Crippen LogP contribution is -2.34. The van der Waals surface area contributed by atoms with Crippen LogP contribution >= 0.6 is 11.3 Å². The van der Waals surface area contributed by atoms with Crippen LogP contribution in [0, 0.1) is 5.92 Å². The van der Waals surface area contributed by atoms with Gasteiger partial charge in [0, 0.05) is 12.6 Å². The fourth-order valence-corrected chi connectivity index (χ4v) is 3.25. The first-order chi connectivity index (χ1) is 8.90. The van der Waals surface area contributed by atoms with Crippen LogP contribution in [-0.2, 0) is 6.61 Å². The Hall–Kier alpha value is -0.610. The van der Waals surface area contributed by atoms with Gasteiger partial charge in [-0.25, -0.2) is 4.98 Å². The van der Waals surface area contributed by atoms with Crippen LogP contribution in [0.3, 0.4) is 0 Å². The van der Waals surface area contributed by atoms with Crippen molar-refractivity contribution in [1.29, 1.82) is 0 Å². The van der Waals surface area contributed by atoms with E-state index in [1.54, 1.807) is 11.3 Å². The van der Waals surface area contributed by atoms with Gasteiger partial charge in [-0.15, -0.1) is 0 Å². The van der Waals surface area contributed by atoms with Crippen molar-refractivity contribution in [2.45, 2.75) is 66.5 Å². The number of hydrogen-bond acceptors (Lipinski definition) is 4. The topological polar surface area (TPSA) is 36.4 Å². The van der Waals surface area contributed by atoms with Gasteiger partial charge in [-0.2, -0.15) is 0 Å². The zero-order valence-electron chi connectivity index (χ0n) is 13.1. The second-order valence-corrected chi connectivity index (χ2v) is 6.97. The zero-order valence-corrected chi connectivity index (χ0v) is 13.9. The van der Waals surface area contributed by atoms with Crippen LogP contribution in [0.15, 0.2) is 0 Å². The van der Waals surface area contributed by atoms with Crippen LogP contribution in [0.5, 0.6) is 0 Å². The van der Waals surface area contributed by atoms with Crippen LogP contribution in [0.4, 0.5) is 5.13 Å². The smallest absolute Gasteiger partial charge is 0.186 e. The largest absolute Gasteiger partial charge is 0.391 e. The van der Waals surface area contributed by atoms with Gasteiger partial charge in [0.2, 0.25) is 0 Å². The Morgan fingerprint density at radius 1 is 1.21 bits per heavy atom. The SMILES string of the molecule is CCC(C)c1nc(N(CC(C)C)C(C)C)sc1CO. The second-order valence-electron chi connectivity index (χ2n) is 5.91. The van der Waals surface area contributed by atoms with Crippen molar-refractivity contribution in [3.8, 4) is 0 Å². The Kier molecular flexibility index (Phi) is 6.27. The quantitative estimate of drug-likeness (QED) is 0.821. The van der Waals surface area contributed by atoms with Crippen LogP contribution in [-0.4, -0.2) is 22.7 Å². The molecule has 0 spiro atoms. The first-order valence-electron chi connectivity index (χ1n) is 7.27. The van der Waals surface area contributed by atoms with E-state index in [1.807, 2.05) is 0 Å². The van der Waals surface area contributed by atoms with E-state index in [0.717, 1.165) is 28.7 Å². The van der Waals surface area contributed by atoms with Gasteiger partial charge >= 0.3 is 0 Å². The molecule has 1 atom stereocenters. The minimum Gasteiger partial charge on any atom is -0.391 e. The molecule has 110 valence electrons. The highest BCUT2D eigenvalue weighted by atomic mass is 32.1. The minimum atomic E-state index is 0.102. The highest BCUT2D eigenvalue weighted by Crippen LogP contribution is 2.33. The van der Waals surface area contributed by atoms with Crippen molar-refractivity contribution in [3.05, 3.63) is 10.6 Å². The molecule has 0 saturated carbocycles. The van der Waals surface area contributed by atoms with Gasteiger partial charge in [0.15, 0.2) is 5.13 Å². The van der Waals surface area contributed by atoms with Crippen molar-refractivity contribution in [1.82, 2.24) is 4.98 Å². The highest BCUT2D eigenvalue weighted by molar-refractivity contribution is 7.15. The number of hydrogen-bond donors (Lipinski definition) is 1. The average Bonchev–Trinajstić information content (AvgIpc) is 2.78. The summed E-state index contributed by atoms with van der Waals surface area (Å²) in [4.78, 5) is 8.19. The van der Waals surface area contributed by atoms with Crippen LogP contribution < -0.4 is 4.90 Å². The van der Waals surface area contributed by atoms with E-state index in [4.69, 9.17) is 4.98 Å². The molecule has 4 heteroatoms. The van der Waals surface area contributed by atoms with Crippen LogP contribution in [0.1, 0.15) is 64.5 Å². The number of nitrogens with zero attached hydrogens (tertiary/aromatic N) is 2. The number of thiazole rings is 1. The Labute approximate surface area is 121 Å². The zero-order chi connectivity index (χ0) is 14.6. The van der Waals surface area contributed by atoms with Gasteiger partial charge in [0.25, 0.3) is 0 Å². The molecule has 0 bridgehead atoms. The van der Waals surface area contributed by atoms with E-state index in [-0.39, 0.29) is 6.61 Å². The summed E-state index contributed by atoms with van der Waals surface area (Å²) in [5.41, 5.74) is 1.08. The molecule has 3 nitrogen and oxygen atoms in total. The van der Waals surface area contributed by atoms with Crippen molar-refractivity contribution in [3.63, 3.8) is 0 Å². The fourth-order valence-electron chi connectivity index (χ4n) is 2.07. The molecule has 0 radical (unpaired) electrons. The number of aliphatic hydroxyl groups excluding tert-OH is 1. The maximum Gasteiger partial charge on any atom is 0.186 e. The van der Waals surface area contributed by atoms with Gasteiger partial charge < -0.3 is 10.0 Å². The lowest BCUT2D eigenvalue weighted by Gasteiger charge is -2.28. The van der Waals surface area contributed by atoms with Gasteiger partial charge in [-0.05, 0) is 32.1 Å². The molecule has 1 aromatic rings.